The average Bonchev–Trinajstić information content (AvgIpc) is 2.41. The van der Waals surface area contributed by atoms with E-state index in [1.807, 2.05) is 19.1 Å². The molecule has 0 aliphatic heterocycles. The monoisotopic (exact) mass is 243 g/mol. The zero-order valence-electron chi connectivity index (χ0n) is 10.1. The van der Waals surface area contributed by atoms with Gasteiger partial charge in [-0.15, -0.1) is 0 Å². The minimum absolute atomic E-state index is 0.101. The number of benzene rings is 1. The van der Waals surface area contributed by atoms with E-state index >= 15 is 0 Å². The summed E-state index contributed by atoms with van der Waals surface area (Å²) in [5.41, 5.74) is 2.20. The van der Waals surface area contributed by atoms with Gasteiger partial charge in [-0.1, -0.05) is 24.3 Å². The summed E-state index contributed by atoms with van der Waals surface area (Å²) in [5.74, 6) is 0. The molecule has 18 heavy (non-hydrogen) atoms. The van der Waals surface area contributed by atoms with E-state index < -0.39 is 6.67 Å². The molecule has 0 bridgehead atoms. The van der Waals surface area contributed by atoms with Crippen LogP contribution in [-0.2, 0) is 6.67 Å². The van der Waals surface area contributed by atoms with Crippen LogP contribution in [0.2, 0.25) is 0 Å². The molecule has 0 amide bonds. The molecule has 0 radical (unpaired) electrons. The van der Waals surface area contributed by atoms with Crippen LogP contribution < -0.4 is 5.56 Å². The van der Waals surface area contributed by atoms with Gasteiger partial charge in [0.2, 0.25) is 0 Å². The highest BCUT2D eigenvalue weighted by atomic mass is 19.1. The van der Waals surface area contributed by atoms with Crippen LogP contribution in [0.3, 0.4) is 0 Å². The third-order valence-corrected chi connectivity index (χ3v) is 2.66. The Kier molecular flexibility index (Phi) is 3.72. The van der Waals surface area contributed by atoms with Gasteiger partial charge in [0.25, 0.3) is 5.56 Å². The maximum Gasteiger partial charge on any atom is 0.255 e. The van der Waals surface area contributed by atoms with Crippen molar-refractivity contribution in [2.45, 2.75) is 13.6 Å². The summed E-state index contributed by atoms with van der Waals surface area (Å²) in [7, 11) is 0. The fraction of sp³-hybridized carbons (Fsp3) is 0.133. The number of nitrogens with zero attached hydrogens (tertiary/aromatic N) is 1. The number of alkyl halides is 1. The van der Waals surface area contributed by atoms with Gasteiger partial charge in [-0.3, -0.25) is 9.36 Å². The van der Waals surface area contributed by atoms with Gasteiger partial charge in [0.1, 0.15) is 6.67 Å². The Bertz CT molecular complexity index is 611. The zero-order valence-corrected chi connectivity index (χ0v) is 10.1. The van der Waals surface area contributed by atoms with Gasteiger partial charge in [-0.25, -0.2) is 4.39 Å². The molecule has 92 valence electrons. The largest absolute Gasteiger partial charge is 0.284 e. The Balaban J connectivity index is 2.48. The van der Waals surface area contributed by atoms with Crippen LogP contribution in [0.5, 0.6) is 0 Å². The summed E-state index contributed by atoms with van der Waals surface area (Å²) < 4.78 is 14.0. The summed E-state index contributed by atoms with van der Waals surface area (Å²) >= 11 is 0. The van der Waals surface area contributed by atoms with Gasteiger partial charge in [0.05, 0.1) is 0 Å². The molecule has 0 spiro atoms. The van der Waals surface area contributed by atoms with E-state index in [1.54, 1.807) is 41.1 Å². The summed E-state index contributed by atoms with van der Waals surface area (Å²) in [6.07, 6.45) is 5.61. The van der Waals surface area contributed by atoms with Crippen LogP contribution in [0.15, 0.2) is 53.5 Å². The molecule has 3 heteroatoms. The smallest absolute Gasteiger partial charge is 0.255 e. The molecule has 2 nitrogen and oxygen atoms in total. The fourth-order valence-electron chi connectivity index (χ4n) is 1.74. The van der Waals surface area contributed by atoms with E-state index in [0.29, 0.717) is 5.56 Å². The van der Waals surface area contributed by atoms with Crippen LogP contribution in [-0.4, -0.2) is 4.57 Å². The molecule has 0 N–H and O–H groups in total. The molecule has 0 fully saturated rings. The lowest BCUT2D eigenvalue weighted by molar-refractivity contribution is 0.485. The number of halogens is 1. The lowest BCUT2D eigenvalue weighted by Crippen LogP contribution is -2.16. The molecule has 0 saturated carbocycles. The number of rotatable bonds is 3. The van der Waals surface area contributed by atoms with Gasteiger partial charge >= 0.3 is 0 Å². The number of pyridine rings is 1. The van der Waals surface area contributed by atoms with E-state index in [2.05, 4.69) is 0 Å². The Morgan fingerprint density at radius 2 is 1.89 bits per heavy atom. The second-order valence-electron chi connectivity index (χ2n) is 3.97. The van der Waals surface area contributed by atoms with Gasteiger partial charge in [-0.2, -0.15) is 0 Å². The first-order chi connectivity index (χ1) is 8.74. The number of hydrogen-bond acceptors (Lipinski definition) is 1. The fourth-order valence-corrected chi connectivity index (χ4v) is 1.74. The maximum atomic E-state index is 12.4. The Morgan fingerprint density at radius 3 is 2.50 bits per heavy atom. The lowest BCUT2D eigenvalue weighted by atomic mass is 10.2. The van der Waals surface area contributed by atoms with Crippen LogP contribution in [0, 0.1) is 0 Å². The third kappa shape index (κ3) is 2.56. The summed E-state index contributed by atoms with van der Waals surface area (Å²) in [6.45, 7) is 1.43. The molecule has 0 aliphatic carbocycles. The van der Waals surface area contributed by atoms with Crippen molar-refractivity contribution in [3.63, 3.8) is 0 Å². The van der Waals surface area contributed by atoms with Crippen molar-refractivity contribution in [3.05, 3.63) is 70.2 Å². The second kappa shape index (κ2) is 5.45. The average molecular weight is 243 g/mol. The highest BCUT2D eigenvalue weighted by molar-refractivity contribution is 5.48. The van der Waals surface area contributed by atoms with Gasteiger partial charge in [-0.05, 0) is 36.2 Å². The summed E-state index contributed by atoms with van der Waals surface area (Å²) in [5, 5.41) is 0. The number of hydrogen-bond donors (Lipinski definition) is 0. The van der Waals surface area contributed by atoms with E-state index in [4.69, 9.17) is 0 Å². The first-order valence-corrected chi connectivity index (χ1v) is 5.75. The minimum Gasteiger partial charge on any atom is -0.284 e. The molecule has 2 aromatic rings. The van der Waals surface area contributed by atoms with Crippen molar-refractivity contribution < 1.29 is 4.39 Å². The second-order valence-corrected chi connectivity index (χ2v) is 3.97. The number of aromatic nitrogens is 1. The minimum atomic E-state index is -0.492. The van der Waals surface area contributed by atoms with E-state index in [9.17, 15) is 9.18 Å². The molecule has 0 aliphatic rings. The molecule has 0 unspecified atom stereocenters. The van der Waals surface area contributed by atoms with Gasteiger partial charge in [0.15, 0.2) is 0 Å². The molecule has 0 atom stereocenters. The Labute approximate surface area is 105 Å². The van der Waals surface area contributed by atoms with E-state index in [-0.39, 0.29) is 5.56 Å². The predicted octanol–water partition coefficient (Wildman–Crippen LogP) is 3.34. The third-order valence-electron chi connectivity index (χ3n) is 2.66. The first kappa shape index (κ1) is 12.3. The quantitative estimate of drug-likeness (QED) is 0.810. The highest BCUT2D eigenvalue weighted by Crippen LogP contribution is 2.10. The normalized spacial score (nSPS) is 11.0. The standard InChI is InChI=1S/C15H14FNO/c1-2-3-13-6-9-15(18)17(11-13)14-7-4-12(10-16)5-8-14/h2-9,11H,10H2,1H3/b3-2+. The lowest BCUT2D eigenvalue weighted by Gasteiger charge is -2.07. The zero-order chi connectivity index (χ0) is 13.0. The molecule has 1 aromatic heterocycles. The molecule has 0 saturated heterocycles. The van der Waals surface area contributed by atoms with Gasteiger partial charge < -0.3 is 0 Å². The molecule has 1 heterocycles. The SMILES string of the molecule is C/C=C/c1ccc(=O)n(-c2ccc(CF)cc2)c1. The van der Waals surface area contributed by atoms with Crippen LogP contribution >= 0.6 is 0 Å². The van der Waals surface area contributed by atoms with Crippen molar-refractivity contribution >= 4 is 6.08 Å². The highest BCUT2D eigenvalue weighted by Gasteiger charge is 2.00. The van der Waals surface area contributed by atoms with Crippen LogP contribution in [0.1, 0.15) is 18.1 Å². The summed E-state index contributed by atoms with van der Waals surface area (Å²) in [6, 6.07) is 10.2. The van der Waals surface area contributed by atoms with Crippen molar-refractivity contribution in [1.29, 1.82) is 0 Å². The first-order valence-electron chi connectivity index (χ1n) is 5.75. The van der Waals surface area contributed by atoms with Gasteiger partial charge in [0, 0.05) is 18.0 Å². The van der Waals surface area contributed by atoms with Crippen molar-refractivity contribution in [3.8, 4) is 5.69 Å². The van der Waals surface area contributed by atoms with E-state index in [1.165, 1.54) is 6.07 Å². The maximum absolute atomic E-state index is 12.4. The molecule has 2 rings (SSSR count). The molecule has 1 aromatic carbocycles. The Hall–Kier alpha value is -2.16. The predicted molar refractivity (Wildman–Crippen MR) is 71.6 cm³/mol. The van der Waals surface area contributed by atoms with Crippen molar-refractivity contribution in [2.24, 2.45) is 0 Å². The molecular formula is C15H14FNO. The van der Waals surface area contributed by atoms with Crippen molar-refractivity contribution in [2.75, 3.05) is 0 Å². The van der Waals surface area contributed by atoms with Crippen molar-refractivity contribution in [1.82, 2.24) is 4.57 Å². The Morgan fingerprint density at radius 1 is 1.17 bits per heavy atom. The topological polar surface area (TPSA) is 22.0 Å². The van der Waals surface area contributed by atoms with Crippen LogP contribution in [0.4, 0.5) is 4.39 Å². The van der Waals surface area contributed by atoms with E-state index in [0.717, 1.165) is 11.3 Å². The number of allylic oxidation sites excluding steroid dienone is 1. The van der Waals surface area contributed by atoms with Crippen LogP contribution in [0.25, 0.3) is 11.8 Å². The summed E-state index contributed by atoms with van der Waals surface area (Å²) in [4.78, 5) is 11.8. The molecular weight excluding hydrogens is 229 g/mol.